The number of amides is 1. The number of benzene rings is 1. The average molecular weight is 265 g/mol. The van der Waals surface area contributed by atoms with Crippen LogP contribution >= 0.6 is 0 Å². The molecule has 1 heterocycles. The normalized spacial score (nSPS) is 12.3. The Kier molecular flexibility index (Phi) is 3.46. The summed E-state index contributed by atoms with van der Waals surface area (Å²) in [6, 6.07) is 4.11. The van der Waals surface area contributed by atoms with Crippen LogP contribution in [-0.4, -0.2) is 27.0 Å². The highest BCUT2D eigenvalue weighted by Crippen LogP contribution is 2.12. The number of hydrogen-bond acceptors (Lipinski definition) is 3. The van der Waals surface area contributed by atoms with Crippen molar-refractivity contribution in [2.45, 2.75) is 13.5 Å². The van der Waals surface area contributed by atoms with Crippen LogP contribution in [0.15, 0.2) is 18.2 Å². The lowest BCUT2D eigenvalue weighted by Crippen LogP contribution is -2.33. The predicted molar refractivity (Wildman–Crippen MR) is 64.7 cm³/mol. The largest absolute Gasteiger partial charge is 0.481 e. The molecule has 1 aromatic carbocycles. The maximum Gasteiger partial charge on any atom is 0.315 e. The number of hydrogen-bond donors (Lipinski definition) is 3. The van der Waals surface area contributed by atoms with E-state index >= 15 is 0 Å². The van der Waals surface area contributed by atoms with E-state index in [4.69, 9.17) is 5.11 Å². The van der Waals surface area contributed by atoms with Gasteiger partial charge in [-0.1, -0.05) is 0 Å². The first-order chi connectivity index (χ1) is 8.97. The third-order valence-electron chi connectivity index (χ3n) is 2.69. The number of fused-ring (bicyclic) bond motifs is 1. The fourth-order valence-corrected chi connectivity index (χ4v) is 1.55. The van der Waals surface area contributed by atoms with Crippen LogP contribution in [0.25, 0.3) is 11.0 Å². The number of imidazole rings is 1. The Labute approximate surface area is 107 Å². The number of carbonyl (C=O) groups excluding carboxylic acids is 1. The summed E-state index contributed by atoms with van der Waals surface area (Å²) < 4.78 is 13.0. The molecule has 0 bridgehead atoms. The van der Waals surface area contributed by atoms with Gasteiger partial charge in [-0.15, -0.1) is 0 Å². The molecule has 19 heavy (non-hydrogen) atoms. The molecule has 0 fully saturated rings. The molecule has 1 aromatic heterocycles. The van der Waals surface area contributed by atoms with Crippen molar-refractivity contribution in [3.63, 3.8) is 0 Å². The first kappa shape index (κ1) is 13.0. The third kappa shape index (κ3) is 2.87. The van der Waals surface area contributed by atoms with Gasteiger partial charge >= 0.3 is 5.97 Å². The number of nitrogens with zero attached hydrogens (tertiary/aromatic N) is 1. The molecule has 6 nitrogen and oxygen atoms in total. The molecule has 1 amide bonds. The number of rotatable bonds is 4. The van der Waals surface area contributed by atoms with Crippen molar-refractivity contribution in [3.8, 4) is 0 Å². The molecule has 3 N–H and O–H groups in total. The number of carbonyl (C=O) groups is 2. The molecule has 0 saturated carbocycles. The number of halogens is 1. The third-order valence-corrected chi connectivity index (χ3v) is 2.69. The summed E-state index contributed by atoms with van der Waals surface area (Å²) in [5, 5.41) is 11.1. The van der Waals surface area contributed by atoms with E-state index < -0.39 is 17.8 Å². The Hall–Kier alpha value is -2.44. The summed E-state index contributed by atoms with van der Waals surface area (Å²) in [5.41, 5.74) is 1.10. The van der Waals surface area contributed by atoms with Gasteiger partial charge in [0.2, 0.25) is 5.91 Å². The molecule has 2 rings (SSSR count). The van der Waals surface area contributed by atoms with E-state index in [0.29, 0.717) is 16.9 Å². The van der Waals surface area contributed by atoms with Crippen LogP contribution in [0.3, 0.4) is 0 Å². The Morgan fingerprint density at radius 1 is 1.53 bits per heavy atom. The van der Waals surface area contributed by atoms with Crippen LogP contribution in [0.5, 0.6) is 0 Å². The van der Waals surface area contributed by atoms with Gasteiger partial charge in [0, 0.05) is 0 Å². The van der Waals surface area contributed by atoms with Gasteiger partial charge in [-0.3, -0.25) is 9.59 Å². The quantitative estimate of drug-likeness (QED) is 0.720. The first-order valence-corrected chi connectivity index (χ1v) is 5.62. The zero-order valence-electron chi connectivity index (χ0n) is 10.1. The smallest absolute Gasteiger partial charge is 0.315 e. The minimum absolute atomic E-state index is 0.0623. The number of carboxylic acids is 1. The molecule has 7 heteroatoms. The summed E-state index contributed by atoms with van der Waals surface area (Å²) in [7, 11) is 0. The number of aromatic amines is 1. The van der Waals surface area contributed by atoms with E-state index in [-0.39, 0.29) is 12.4 Å². The highest BCUT2D eigenvalue weighted by Gasteiger charge is 2.20. The molecule has 100 valence electrons. The van der Waals surface area contributed by atoms with E-state index in [1.807, 2.05) is 0 Å². The van der Waals surface area contributed by atoms with Crippen LogP contribution in [0.2, 0.25) is 0 Å². The van der Waals surface area contributed by atoms with Crippen molar-refractivity contribution in [2.24, 2.45) is 5.92 Å². The highest BCUT2D eigenvalue weighted by molar-refractivity contribution is 5.96. The predicted octanol–water partition coefficient (Wildman–Crippen LogP) is 1.04. The van der Waals surface area contributed by atoms with E-state index in [9.17, 15) is 14.0 Å². The van der Waals surface area contributed by atoms with Gasteiger partial charge in [-0.2, -0.15) is 0 Å². The number of aliphatic carboxylic acids is 1. The van der Waals surface area contributed by atoms with Crippen LogP contribution in [-0.2, 0) is 16.1 Å². The van der Waals surface area contributed by atoms with Crippen molar-refractivity contribution >= 4 is 22.9 Å². The van der Waals surface area contributed by atoms with E-state index in [1.165, 1.54) is 25.1 Å². The fraction of sp³-hybridized carbons (Fsp3) is 0.250. The zero-order valence-corrected chi connectivity index (χ0v) is 10.1. The maximum absolute atomic E-state index is 13.0. The highest BCUT2D eigenvalue weighted by atomic mass is 19.1. The molecule has 0 aliphatic rings. The molecular weight excluding hydrogens is 253 g/mol. The molecule has 1 unspecified atom stereocenters. The summed E-state index contributed by atoms with van der Waals surface area (Å²) in [5.74, 6) is -2.86. The van der Waals surface area contributed by atoms with Gasteiger partial charge in [-0.25, -0.2) is 9.37 Å². The molecular formula is C12H12FN3O3. The summed E-state index contributed by atoms with van der Waals surface area (Å²) in [4.78, 5) is 29.0. The maximum atomic E-state index is 13.0. The van der Waals surface area contributed by atoms with E-state index in [2.05, 4.69) is 15.3 Å². The van der Waals surface area contributed by atoms with Gasteiger partial charge in [-0.05, 0) is 25.1 Å². The topological polar surface area (TPSA) is 95.1 Å². The van der Waals surface area contributed by atoms with Gasteiger partial charge in [0.1, 0.15) is 17.6 Å². The fourth-order valence-electron chi connectivity index (χ4n) is 1.55. The van der Waals surface area contributed by atoms with Crippen LogP contribution in [0, 0.1) is 11.7 Å². The Morgan fingerprint density at radius 2 is 2.26 bits per heavy atom. The second kappa shape index (κ2) is 5.05. The summed E-state index contributed by atoms with van der Waals surface area (Å²) in [6.07, 6.45) is 0. The number of aromatic nitrogens is 2. The molecule has 0 radical (unpaired) electrons. The van der Waals surface area contributed by atoms with E-state index in [1.54, 1.807) is 0 Å². The minimum Gasteiger partial charge on any atom is -0.481 e. The van der Waals surface area contributed by atoms with E-state index in [0.717, 1.165) is 0 Å². The van der Waals surface area contributed by atoms with Crippen LogP contribution < -0.4 is 5.32 Å². The van der Waals surface area contributed by atoms with Crippen molar-refractivity contribution < 1.29 is 19.1 Å². The monoisotopic (exact) mass is 265 g/mol. The lowest BCUT2D eigenvalue weighted by molar-refractivity contribution is -0.146. The molecule has 0 spiro atoms. The Balaban J connectivity index is 2.06. The standard InChI is InChI=1S/C12H12FN3O3/c1-6(12(18)19)11(17)14-5-10-15-8-3-2-7(13)4-9(8)16-10/h2-4,6H,5H2,1H3,(H,14,17)(H,15,16)(H,18,19). The summed E-state index contributed by atoms with van der Waals surface area (Å²) in [6.45, 7) is 1.36. The minimum atomic E-state index is -1.19. The van der Waals surface area contributed by atoms with Gasteiger partial charge in [0.25, 0.3) is 0 Å². The second-order valence-corrected chi connectivity index (χ2v) is 4.12. The average Bonchev–Trinajstić information content (AvgIpc) is 2.76. The Morgan fingerprint density at radius 3 is 2.95 bits per heavy atom. The van der Waals surface area contributed by atoms with Gasteiger partial charge in [0.15, 0.2) is 0 Å². The van der Waals surface area contributed by atoms with Crippen LogP contribution in [0.1, 0.15) is 12.7 Å². The molecule has 2 aromatic rings. The van der Waals surface area contributed by atoms with Crippen molar-refractivity contribution in [1.82, 2.24) is 15.3 Å². The summed E-state index contributed by atoms with van der Waals surface area (Å²) >= 11 is 0. The SMILES string of the molecule is CC(C(=O)O)C(=O)NCc1nc2ccc(F)cc2[nH]1. The zero-order chi connectivity index (χ0) is 14.0. The molecule has 0 aliphatic heterocycles. The molecule has 0 aliphatic carbocycles. The lowest BCUT2D eigenvalue weighted by Gasteiger charge is -2.06. The Bertz CT molecular complexity index is 638. The van der Waals surface area contributed by atoms with Crippen LogP contribution in [0.4, 0.5) is 4.39 Å². The van der Waals surface area contributed by atoms with Gasteiger partial charge < -0.3 is 15.4 Å². The molecule has 1 atom stereocenters. The van der Waals surface area contributed by atoms with Gasteiger partial charge in [0.05, 0.1) is 17.6 Å². The number of nitrogens with one attached hydrogen (secondary N) is 2. The number of H-pyrrole nitrogens is 1. The number of carboxylic acid groups (broad SMARTS) is 1. The molecule has 0 saturated heterocycles. The second-order valence-electron chi connectivity index (χ2n) is 4.12. The van der Waals surface area contributed by atoms with Crippen molar-refractivity contribution in [2.75, 3.05) is 0 Å². The first-order valence-electron chi connectivity index (χ1n) is 5.62. The van der Waals surface area contributed by atoms with Crippen molar-refractivity contribution in [3.05, 3.63) is 29.8 Å². The lowest BCUT2D eigenvalue weighted by atomic mass is 10.2. The van der Waals surface area contributed by atoms with Crippen molar-refractivity contribution in [1.29, 1.82) is 0 Å².